The van der Waals surface area contributed by atoms with E-state index < -0.39 is 23.5 Å². The van der Waals surface area contributed by atoms with E-state index in [1.807, 2.05) is 24.3 Å². The van der Waals surface area contributed by atoms with Crippen molar-refractivity contribution in [2.45, 2.75) is 31.9 Å². The van der Waals surface area contributed by atoms with Gasteiger partial charge in [0.2, 0.25) is 5.78 Å². The van der Waals surface area contributed by atoms with Crippen molar-refractivity contribution in [2.24, 2.45) is 0 Å². The lowest BCUT2D eigenvalue weighted by atomic mass is 9.95. The molecule has 0 radical (unpaired) electrons. The molecule has 0 bridgehead atoms. The van der Waals surface area contributed by atoms with Gasteiger partial charge in [-0.25, -0.2) is 0 Å². The van der Waals surface area contributed by atoms with Crippen LogP contribution in [0.4, 0.5) is 0 Å². The summed E-state index contributed by atoms with van der Waals surface area (Å²) in [5.41, 5.74) is 0.770. The van der Waals surface area contributed by atoms with Crippen molar-refractivity contribution in [3.8, 4) is 0 Å². The van der Waals surface area contributed by atoms with E-state index in [1.165, 1.54) is 4.90 Å². The van der Waals surface area contributed by atoms with Crippen molar-refractivity contribution in [1.82, 2.24) is 4.90 Å². The minimum Gasteiger partial charge on any atom is -0.503 e. The number of hydrogen-bond acceptors (Lipinski definition) is 5. The van der Waals surface area contributed by atoms with Gasteiger partial charge in [0.1, 0.15) is 5.76 Å². The van der Waals surface area contributed by atoms with Gasteiger partial charge in [0.25, 0.3) is 5.91 Å². The van der Waals surface area contributed by atoms with Crippen LogP contribution < -0.4 is 0 Å². The third-order valence-corrected chi connectivity index (χ3v) is 5.59. The quantitative estimate of drug-likeness (QED) is 0.700. The molecule has 2 atom stereocenters. The van der Waals surface area contributed by atoms with Crippen molar-refractivity contribution in [3.05, 3.63) is 69.3 Å². The number of amides is 1. The molecule has 1 N–H and O–H groups in total. The number of carbonyl (C=O) groups excluding carboxylic acids is 2. The molecule has 0 spiro atoms. The normalized spacial score (nSPS) is 22.4. The number of aliphatic hydroxyl groups is 1. The number of ketones is 1. The van der Waals surface area contributed by atoms with Crippen molar-refractivity contribution in [2.75, 3.05) is 13.2 Å². The van der Waals surface area contributed by atoms with Gasteiger partial charge in [0.05, 0.1) is 17.7 Å². The summed E-state index contributed by atoms with van der Waals surface area (Å²) in [7, 11) is 0. The van der Waals surface area contributed by atoms with E-state index in [0.717, 1.165) is 22.9 Å². The largest absolute Gasteiger partial charge is 0.503 e. The smallest absolute Gasteiger partial charge is 0.290 e. The summed E-state index contributed by atoms with van der Waals surface area (Å²) in [5, 5.41) is 10.6. The first-order chi connectivity index (χ1) is 13.5. The van der Waals surface area contributed by atoms with Crippen molar-refractivity contribution in [1.29, 1.82) is 0 Å². The monoisotopic (exact) mass is 445 g/mol. The molecule has 0 aliphatic carbocycles. The molecule has 6 nitrogen and oxygen atoms in total. The second-order valence-corrected chi connectivity index (χ2v) is 7.97. The van der Waals surface area contributed by atoms with Gasteiger partial charge in [-0.1, -0.05) is 28.1 Å². The number of rotatable bonds is 5. The van der Waals surface area contributed by atoms with Crippen molar-refractivity contribution in [3.63, 3.8) is 0 Å². The molecule has 0 saturated carbocycles. The van der Waals surface area contributed by atoms with Crippen LogP contribution in [0.25, 0.3) is 0 Å². The van der Waals surface area contributed by atoms with E-state index >= 15 is 0 Å². The number of halogens is 1. The first-order valence-corrected chi connectivity index (χ1v) is 9.97. The number of nitrogens with zero attached hydrogens (tertiary/aromatic N) is 1. The van der Waals surface area contributed by atoms with Gasteiger partial charge in [-0.3, -0.25) is 9.59 Å². The summed E-state index contributed by atoms with van der Waals surface area (Å²) in [5.74, 6) is -0.887. The maximum atomic E-state index is 13.1. The lowest BCUT2D eigenvalue weighted by Crippen LogP contribution is -2.37. The van der Waals surface area contributed by atoms with Crippen molar-refractivity contribution >= 4 is 27.6 Å². The number of carbonyl (C=O) groups is 2. The summed E-state index contributed by atoms with van der Waals surface area (Å²) in [6, 6.07) is 9.92. The van der Waals surface area contributed by atoms with E-state index in [0.29, 0.717) is 18.9 Å². The molecule has 1 aromatic heterocycles. The maximum Gasteiger partial charge on any atom is 0.290 e. The molecule has 28 heavy (non-hydrogen) atoms. The SMILES string of the molecule is Cc1ccc(C(=O)C2=C(O)C(=O)N(C[C@H]3CCCO3)[C@@H]2c2cccc(Br)c2)o1. The third-order valence-electron chi connectivity index (χ3n) is 5.10. The molecule has 1 aromatic carbocycles. The minimum atomic E-state index is -0.702. The Morgan fingerprint density at radius 3 is 2.79 bits per heavy atom. The lowest BCUT2D eigenvalue weighted by Gasteiger charge is -2.28. The molecular formula is C21H20BrNO5. The fourth-order valence-corrected chi connectivity index (χ4v) is 4.21. The molecule has 4 rings (SSSR count). The Bertz CT molecular complexity index is 957. The van der Waals surface area contributed by atoms with Crippen LogP contribution in [0.3, 0.4) is 0 Å². The van der Waals surface area contributed by atoms with Gasteiger partial charge in [0.15, 0.2) is 11.5 Å². The molecule has 1 saturated heterocycles. The predicted molar refractivity (Wildman–Crippen MR) is 105 cm³/mol. The average Bonchev–Trinajstić information content (AvgIpc) is 3.38. The summed E-state index contributed by atoms with van der Waals surface area (Å²) < 4.78 is 12.0. The van der Waals surface area contributed by atoms with Crippen LogP contribution in [-0.4, -0.2) is 41.0 Å². The number of furan rings is 1. The zero-order valence-corrected chi connectivity index (χ0v) is 16.9. The number of ether oxygens (including phenoxy) is 1. The Kier molecular flexibility index (Phi) is 5.12. The van der Waals surface area contributed by atoms with E-state index in [2.05, 4.69) is 15.9 Å². The number of aliphatic hydroxyl groups excluding tert-OH is 1. The summed E-state index contributed by atoms with van der Waals surface area (Å²) >= 11 is 3.44. The summed E-state index contributed by atoms with van der Waals surface area (Å²) in [6.07, 6.45) is 1.67. The average molecular weight is 446 g/mol. The Labute approximate surface area is 170 Å². The summed E-state index contributed by atoms with van der Waals surface area (Å²) in [6.45, 7) is 2.71. The van der Waals surface area contributed by atoms with Crippen LogP contribution in [-0.2, 0) is 9.53 Å². The van der Waals surface area contributed by atoms with E-state index in [9.17, 15) is 14.7 Å². The van der Waals surface area contributed by atoms with E-state index in [1.54, 1.807) is 19.1 Å². The van der Waals surface area contributed by atoms with Gasteiger partial charge >= 0.3 is 0 Å². The predicted octanol–water partition coefficient (Wildman–Crippen LogP) is 4.11. The highest BCUT2D eigenvalue weighted by Gasteiger charge is 2.45. The van der Waals surface area contributed by atoms with Gasteiger partial charge in [-0.05, 0) is 49.6 Å². The number of benzene rings is 1. The topological polar surface area (TPSA) is 80.0 Å². The van der Waals surface area contributed by atoms with Gasteiger partial charge in [0, 0.05) is 17.6 Å². The van der Waals surface area contributed by atoms with Crippen LogP contribution in [0.15, 0.2) is 56.6 Å². The molecule has 3 heterocycles. The Hall–Kier alpha value is -2.38. The minimum absolute atomic E-state index is 0.0375. The van der Waals surface area contributed by atoms with Gasteiger partial charge in [-0.2, -0.15) is 0 Å². The number of Topliss-reactive ketones (excluding diaryl/α,β-unsaturated/α-hetero) is 1. The highest BCUT2D eigenvalue weighted by Crippen LogP contribution is 2.40. The van der Waals surface area contributed by atoms with Gasteiger partial charge in [-0.15, -0.1) is 0 Å². The van der Waals surface area contributed by atoms with Crippen LogP contribution in [0.5, 0.6) is 0 Å². The number of aryl methyl sites for hydroxylation is 1. The fourth-order valence-electron chi connectivity index (χ4n) is 3.79. The Balaban J connectivity index is 1.77. The maximum absolute atomic E-state index is 13.1. The Morgan fingerprint density at radius 1 is 1.32 bits per heavy atom. The molecule has 146 valence electrons. The zero-order valence-electron chi connectivity index (χ0n) is 15.4. The lowest BCUT2D eigenvalue weighted by molar-refractivity contribution is -0.131. The van der Waals surface area contributed by atoms with Crippen LogP contribution in [0.1, 0.15) is 40.8 Å². The molecule has 0 unspecified atom stereocenters. The molecule has 2 aliphatic heterocycles. The first-order valence-electron chi connectivity index (χ1n) is 9.18. The molecular weight excluding hydrogens is 426 g/mol. The summed E-state index contributed by atoms with van der Waals surface area (Å²) in [4.78, 5) is 27.5. The molecule has 7 heteroatoms. The van der Waals surface area contributed by atoms with E-state index in [-0.39, 0.29) is 17.4 Å². The second-order valence-electron chi connectivity index (χ2n) is 7.05. The third kappa shape index (κ3) is 3.40. The second kappa shape index (κ2) is 7.56. The van der Waals surface area contributed by atoms with Crippen LogP contribution >= 0.6 is 15.9 Å². The van der Waals surface area contributed by atoms with Crippen LogP contribution in [0, 0.1) is 6.92 Å². The van der Waals surface area contributed by atoms with Crippen LogP contribution in [0.2, 0.25) is 0 Å². The first kappa shape index (κ1) is 19.0. The molecule has 1 amide bonds. The van der Waals surface area contributed by atoms with E-state index in [4.69, 9.17) is 9.15 Å². The molecule has 2 aliphatic rings. The Morgan fingerprint density at radius 2 is 2.14 bits per heavy atom. The fraction of sp³-hybridized carbons (Fsp3) is 0.333. The zero-order chi connectivity index (χ0) is 19.8. The van der Waals surface area contributed by atoms with Gasteiger partial charge < -0.3 is 19.2 Å². The number of hydrogen-bond donors (Lipinski definition) is 1. The highest BCUT2D eigenvalue weighted by molar-refractivity contribution is 9.10. The van der Waals surface area contributed by atoms with Crippen molar-refractivity contribution < 1.29 is 23.8 Å². The molecule has 2 aromatic rings. The molecule has 1 fully saturated rings. The highest BCUT2D eigenvalue weighted by atomic mass is 79.9. The standard InChI is InChI=1S/C21H20BrNO5/c1-12-7-8-16(28-12)19(24)17-18(13-4-2-5-14(22)10-13)23(21(26)20(17)25)11-15-6-3-9-27-15/h2,4-5,7-8,10,15,18,25H,3,6,9,11H2,1H3/t15-,18-/m1/s1.